The Bertz CT molecular complexity index is 2070. The van der Waals surface area contributed by atoms with Gasteiger partial charge in [-0.05, 0) is 50.4 Å². The predicted octanol–water partition coefficient (Wildman–Crippen LogP) is 8.02. The topological polar surface area (TPSA) is 18.5 Å². The van der Waals surface area contributed by atoms with Crippen molar-refractivity contribution in [2.45, 2.75) is 19.3 Å². The average molecular weight is 747 g/mol. The second-order valence-electron chi connectivity index (χ2n) is 14.3. The summed E-state index contributed by atoms with van der Waals surface area (Å²) in [6.45, 7) is 0.530. The Morgan fingerprint density at radius 1 is 0.436 bits per heavy atom. The molecular weight excluding hydrogens is 701 g/mol. The largest absolute Gasteiger partial charge is 0.537 e. The molecule has 0 radical (unpaired) electrons. The first kappa shape index (κ1) is 36.2. The Morgan fingerprint density at radius 3 is 1.07 bits per heavy atom. The van der Waals surface area contributed by atoms with Gasteiger partial charge in [0.25, 0.3) is 8.32 Å². The fourth-order valence-corrected chi connectivity index (χ4v) is 16.1. The van der Waals surface area contributed by atoms with Crippen molar-refractivity contribution in [3.05, 3.63) is 242 Å². The molecule has 6 aromatic carbocycles. The van der Waals surface area contributed by atoms with Crippen LogP contribution in [0.25, 0.3) is 0 Å². The highest BCUT2D eigenvalue weighted by Crippen LogP contribution is 2.46. The minimum Gasteiger partial charge on any atom is -0.537 e. The first-order valence-corrected chi connectivity index (χ1v) is 23.1. The maximum Gasteiger partial charge on any atom is 0.346 e. The average Bonchev–Trinajstić information content (AvgIpc) is 4.03. The van der Waals surface area contributed by atoms with Gasteiger partial charge in [0.2, 0.25) is 0 Å². The lowest BCUT2D eigenvalue weighted by Gasteiger charge is -2.41. The predicted molar refractivity (Wildman–Crippen MR) is 235 cm³/mol. The molecule has 0 unspecified atom stereocenters. The Kier molecular flexibility index (Phi) is 11.0. The quantitative estimate of drug-likeness (QED) is 0.0603. The molecule has 8 rings (SSSR count). The molecule has 0 aliphatic heterocycles. The van der Waals surface area contributed by atoms with Crippen LogP contribution in [0.3, 0.4) is 0 Å². The van der Waals surface area contributed by atoms with E-state index in [1.165, 1.54) is 42.3 Å². The molecule has 55 heavy (non-hydrogen) atoms. The van der Waals surface area contributed by atoms with E-state index in [9.17, 15) is 0 Å². The van der Waals surface area contributed by atoms with Gasteiger partial charge >= 0.3 is 8.32 Å². The molecule has 0 N–H and O–H groups in total. The van der Waals surface area contributed by atoms with Crippen molar-refractivity contribution in [1.29, 1.82) is 0 Å². The van der Waals surface area contributed by atoms with E-state index >= 15 is 0 Å². The van der Waals surface area contributed by atoms with Crippen molar-refractivity contribution in [3.63, 3.8) is 0 Å². The highest BCUT2D eigenvalue weighted by atomic mass is 28.4. The molecule has 0 amide bonds. The van der Waals surface area contributed by atoms with E-state index in [0.29, 0.717) is 6.61 Å². The lowest BCUT2D eigenvalue weighted by Crippen LogP contribution is -2.70. The van der Waals surface area contributed by atoms with Crippen LogP contribution >= 0.6 is 0 Å². The van der Waals surface area contributed by atoms with Crippen molar-refractivity contribution < 1.29 is 8.85 Å². The molecule has 4 heteroatoms. The van der Waals surface area contributed by atoms with Gasteiger partial charge in [-0.2, -0.15) is 0 Å². The SMILES string of the molecule is C1=CCC(C(CC=CO[Si](c2ccccc2)(c2ccccc2)c2ccccc2)(CO[Si](c2ccccc2)(c2ccccc2)c2ccccc2)C2=CC=CC2)=C1. The molecule has 0 fully saturated rings. The number of rotatable bonds is 15. The maximum atomic E-state index is 7.82. The Labute approximate surface area is 328 Å². The number of hydrogen-bond donors (Lipinski definition) is 0. The fourth-order valence-electron chi connectivity index (χ4n) is 8.44. The molecule has 2 aliphatic carbocycles. The highest BCUT2D eigenvalue weighted by Gasteiger charge is 2.47. The molecule has 2 aliphatic rings. The second kappa shape index (κ2) is 16.7. The summed E-state index contributed by atoms with van der Waals surface area (Å²) in [5, 5.41) is 7.34. The van der Waals surface area contributed by atoms with Gasteiger partial charge in [-0.1, -0.05) is 236 Å². The second-order valence-corrected chi connectivity index (χ2v) is 21.0. The van der Waals surface area contributed by atoms with Crippen molar-refractivity contribution in [1.82, 2.24) is 0 Å². The van der Waals surface area contributed by atoms with E-state index < -0.39 is 16.6 Å². The van der Waals surface area contributed by atoms with Crippen LogP contribution in [-0.2, 0) is 8.85 Å². The number of benzene rings is 6. The maximum absolute atomic E-state index is 7.82. The summed E-state index contributed by atoms with van der Waals surface area (Å²) in [5.41, 5.74) is 2.36. The van der Waals surface area contributed by atoms with E-state index in [-0.39, 0.29) is 5.41 Å². The van der Waals surface area contributed by atoms with E-state index in [0.717, 1.165) is 19.3 Å². The monoisotopic (exact) mass is 746 g/mol. The third-order valence-corrected chi connectivity index (χ3v) is 19.1. The smallest absolute Gasteiger partial charge is 0.346 e. The van der Waals surface area contributed by atoms with Crippen molar-refractivity contribution in [3.8, 4) is 0 Å². The van der Waals surface area contributed by atoms with Crippen LogP contribution in [0.5, 0.6) is 0 Å². The molecule has 6 aromatic rings. The molecule has 270 valence electrons. The number of hydrogen-bond acceptors (Lipinski definition) is 2. The first-order chi connectivity index (χ1) is 27.3. The van der Waals surface area contributed by atoms with E-state index in [1.807, 2.05) is 6.26 Å². The van der Waals surface area contributed by atoms with Crippen LogP contribution in [0.1, 0.15) is 19.3 Å². The lowest BCUT2D eigenvalue weighted by molar-refractivity contribution is 0.208. The van der Waals surface area contributed by atoms with Crippen LogP contribution in [0, 0.1) is 5.41 Å². The molecule has 0 atom stereocenters. The van der Waals surface area contributed by atoms with Crippen LogP contribution < -0.4 is 31.1 Å². The van der Waals surface area contributed by atoms with Gasteiger partial charge in [0.1, 0.15) is 0 Å². The number of allylic oxidation sites excluding steroid dienone is 7. The summed E-state index contributed by atoms with van der Waals surface area (Å²) in [5.74, 6) is 0. The summed E-state index contributed by atoms with van der Waals surface area (Å²) < 4.78 is 15.1. The summed E-state index contributed by atoms with van der Waals surface area (Å²) in [6, 6.07) is 65.1. The van der Waals surface area contributed by atoms with Gasteiger partial charge in [-0.15, -0.1) is 0 Å². The van der Waals surface area contributed by atoms with Crippen LogP contribution in [-0.4, -0.2) is 23.2 Å². The fraction of sp³-hybridized carbons (Fsp3) is 0.0980. The van der Waals surface area contributed by atoms with Crippen LogP contribution in [0.15, 0.2) is 242 Å². The van der Waals surface area contributed by atoms with E-state index in [2.05, 4.69) is 225 Å². The Hall–Kier alpha value is -5.79. The van der Waals surface area contributed by atoms with Gasteiger partial charge in [-0.25, -0.2) is 0 Å². The van der Waals surface area contributed by atoms with Gasteiger partial charge in [-0.3, -0.25) is 0 Å². The minimum absolute atomic E-state index is 0.389. The molecule has 0 heterocycles. The van der Waals surface area contributed by atoms with Gasteiger partial charge in [0.05, 0.1) is 6.26 Å². The third-order valence-electron chi connectivity index (χ3n) is 11.2. The molecule has 0 spiro atoms. The molecule has 0 saturated heterocycles. The standard InChI is InChI=1S/C51H46O2Si2/c1-7-28-45(29-8-1)54(46-30-9-2-10-31-46,47-32-11-3-12-33-47)52-41-23-40-51(43-24-19-20-25-43,44-26-21-22-27-44)42-53-55(48-34-13-4-14-35-48,49-36-15-5-16-37-49)50-38-17-6-18-39-50/h1-24,26,28-39,41H,25,27,40,42H2. The zero-order chi connectivity index (χ0) is 37.2. The highest BCUT2D eigenvalue weighted by molar-refractivity contribution is 7.07. The molecule has 0 aromatic heterocycles. The Morgan fingerprint density at radius 2 is 0.764 bits per heavy atom. The van der Waals surface area contributed by atoms with Crippen LogP contribution in [0.4, 0.5) is 0 Å². The van der Waals surface area contributed by atoms with Gasteiger partial charge in [0, 0.05) is 12.0 Å². The minimum atomic E-state index is -2.99. The van der Waals surface area contributed by atoms with Gasteiger partial charge < -0.3 is 8.85 Å². The van der Waals surface area contributed by atoms with Crippen molar-refractivity contribution in [2.24, 2.45) is 5.41 Å². The summed E-state index contributed by atoms with van der Waals surface area (Å²) in [6.07, 6.45) is 20.4. The van der Waals surface area contributed by atoms with E-state index in [1.54, 1.807) is 0 Å². The molecular formula is C51H46O2Si2. The third kappa shape index (κ3) is 7.13. The zero-order valence-electron chi connectivity index (χ0n) is 31.1. The van der Waals surface area contributed by atoms with Crippen molar-refractivity contribution >= 4 is 47.8 Å². The lowest BCUT2D eigenvalue weighted by atomic mass is 9.70. The first-order valence-electron chi connectivity index (χ1n) is 19.3. The summed E-state index contributed by atoms with van der Waals surface area (Å²) in [4.78, 5) is 0. The Balaban J connectivity index is 1.23. The summed E-state index contributed by atoms with van der Waals surface area (Å²) in [7, 11) is -5.92. The van der Waals surface area contributed by atoms with E-state index in [4.69, 9.17) is 8.85 Å². The van der Waals surface area contributed by atoms with Crippen molar-refractivity contribution in [2.75, 3.05) is 6.61 Å². The molecule has 0 saturated carbocycles. The molecule has 0 bridgehead atoms. The normalized spacial score (nSPS) is 14.3. The molecule has 2 nitrogen and oxygen atoms in total. The summed E-state index contributed by atoms with van der Waals surface area (Å²) >= 11 is 0. The zero-order valence-corrected chi connectivity index (χ0v) is 33.1. The van der Waals surface area contributed by atoms with Crippen LogP contribution in [0.2, 0.25) is 0 Å². The van der Waals surface area contributed by atoms with Gasteiger partial charge in [0.15, 0.2) is 0 Å².